The van der Waals surface area contributed by atoms with Crippen molar-refractivity contribution in [3.05, 3.63) is 65.5 Å². The summed E-state index contributed by atoms with van der Waals surface area (Å²) in [6, 6.07) is 13.1. The van der Waals surface area contributed by atoms with Gasteiger partial charge in [-0.05, 0) is 43.0 Å². The molecular formula is C25H33FN2O3. The van der Waals surface area contributed by atoms with E-state index in [4.69, 9.17) is 4.74 Å². The van der Waals surface area contributed by atoms with E-state index in [1.165, 1.54) is 16.5 Å². The maximum absolute atomic E-state index is 14.2. The van der Waals surface area contributed by atoms with Gasteiger partial charge in [0, 0.05) is 18.7 Å². The predicted octanol–water partition coefficient (Wildman–Crippen LogP) is 4.66. The lowest BCUT2D eigenvalue weighted by molar-refractivity contribution is -0.142. The van der Waals surface area contributed by atoms with Crippen molar-refractivity contribution >= 4 is 11.8 Å². The smallest absolute Gasteiger partial charge is 0.261 e. The molecule has 0 saturated carbocycles. The Morgan fingerprint density at radius 1 is 1.06 bits per heavy atom. The van der Waals surface area contributed by atoms with Crippen LogP contribution >= 0.6 is 0 Å². The van der Waals surface area contributed by atoms with Crippen LogP contribution in [0, 0.1) is 5.82 Å². The minimum atomic E-state index is -0.754. The second kappa shape index (κ2) is 12.1. The van der Waals surface area contributed by atoms with Gasteiger partial charge in [0.05, 0.1) is 0 Å². The second-order valence-electron chi connectivity index (χ2n) is 7.95. The Hall–Kier alpha value is -2.89. The van der Waals surface area contributed by atoms with Crippen molar-refractivity contribution < 1.29 is 18.7 Å². The molecule has 0 radical (unpaired) electrons. The first-order chi connectivity index (χ1) is 14.8. The van der Waals surface area contributed by atoms with E-state index in [0.29, 0.717) is 23.8 Å². The molecule has 168 valence electrons. The maximum Gasteiger partial charge on any atom is 0.261 e. The molecule has 0 bridgehead atoms. The monoisotopic (exact) mass is 428 g/mol. The highest BCUT2D eigenvalue weighted by atomic mass is 19.1. The highest BCUT2D eigenvalue weighted by molar-refractivity contribution is 5.87. The molecule has 0 aliphatic heterocycles. The highest BCUT2D eigenvalue weighted by Gasteiger charge is 2.27. The Labute approximate surface area is 184 Å². The van der Waals surface area contributed by atoms with Gasteiger partial charge in [0.25, 0.3) is 5.91 Å². The van der Waals surface area contributed by atoms with Gasteiger partial charge in [0.2, 0.25) is 5.91 Å². The summed E-state index contributed by atoms with van der Waals surface area (Å²) in [4.78, 5) is 26.9. The highest BCUT2D eigenvalue weighted by Crippen LogP contribution is 2.19. The number of carbonyl (C=O) groups excluding carboxylic acids is 2. The number of carbonyl (C=O) groups is 2. The molecule has 0 spiro atoms. The Bertz CT molecular complexity index is 852. The number of nitrogens with one attached hydrogen (secondary N) is 1. The van der Waals surface area contributed by atoms with Gasteiger partial charge >= 0.3 is 0 Å². The Balaban J connectivity index is 2.11. The number of hydrogen-bond acceptors (Lipinski definition) is 3. The number of nitrogens with zero attached hydrogens (tertiary/aromatic N) is 1. The minimum Gasteiger partial charge on any atom is -0.484 e. The van der Waals surface area contributed by atoms with Crippen LogP contribution < -0.4 is 10.1 Å². The number of hydrogen-bond donors (Lipinski definition) is 1. The van der Waals surface area contributed by atoms with Crippen LogP contribution in [-0.4, -0.2) is 35.9 Å². The number of amides is 2. The molecule has 2 amide bonds. The zero-order valence-electron chi connectivity index (χ0n) is 18.9. The van der Waals surface area contributed by atoms with E-state index in [9.17, 15) is 14.0 Å². The zero-order valence-corrected chi connectivity index (χ0v) is 18.9. The molecule has 0 aromatic heterocycles. The van der Waals surface area contributed by atoms with Crippen LogP contribution in [0.4, 0.5) is 4.39 Å². The van der Waals surface area contributed by atoms with E-state index in [2.05, 4.69) is 19.2 Å². The third kappa shape index (κ3) is 7.39. The van der Waals surface area contributed by atoms with Crippen molar-refractivity contribution in [2.45, 2.75) is 59.0 Å². The molecule has 5 nitrogen and oxygen atoms in total. The van der Waals surface area contributed by atoms with E-state index < -0.39 is 11.9 Å². The van der Waals surface area contributed by atoms with Crippen molar-refractivity contribution in [3.8, 4) is 5.75 Å². The summed E-state index contributed by atoms with van der Waals surface area (Å²) in [5, 5.41) is 2.84. The van der Waals surface area contributed by atoms with Gasteiger partial charge in [0.1, 0.15) is 17.6 Å². The van der Waals surface area contributed by atoms with Crippen LogP contribution in [0.1, 0.15) is 57.6 Å². The fraction of sp³-hybridized carbons (Fsp3) is 0.440. The van der Waals surface area contributed by atoms with Crippen LogP contribution in [0.3, 0.4) is 0 Å². The normalized spacial score (nSPS) is 11.8. The summed E-state index contributed by atoms with van der Waals surface area (Å²) in [5.74, 6) is -0.0829. The first kappa shape index (κ1) is 24.4. The molecule has 2 aromatic rings. The summed E-state index contributed by atoms with van der Waals surface area (Å²) >= 11 is 0. The lowest BCUT2D eigenvalue weighted by atomic mass is 10.0. The first-order valence-electron chi connectivity index (χ1n) is 10.9. The summed E-state index contributed by atoms with van der Waals surface area (Å²) in [6.45, 7) is 8.19. The van der Waals surface area contributed by atoms with E-state index in [1.807, 2.05) is 31.2 Å². The minimum absolute atomic E-state index is 0.0104. The Morgan fingerprint density at radius 2 is 1.74 bits per heavy atom. The van der Waals surface area contributed by atoms with Crippen molar-refractivity contribution in [2.75, 3.05) is 13.2 Å². The number of halogens is 1. The summed E-state index contributed by atoms with van der Waals surface area (Å²) in [6.07, 6.45) is 1.81. The molecule has 0 aliphatic rings. The van der Waals surface area contributed by atoms with Gasteiger partial charge in [-0.1, -0.05) is 57.5 Å². The summed E-state index contributed by atoms with van der Waals surface area (Å²) < 4.78 is 19.9. The Kier molecular flexibility index (Phi) is 9.50. The number of ether oxygens (including phenoxy) is 1. The van der Waals surface area contributed by atoms with Crippen LogP contribution in [-0.2, 0) is 16.1 Å². The van der Waals surface area contributed by atoms with Gasteiger partial charge in [-0.25, -0.2) is 4.39 Å². The molecule has 0 heterocycles. The van der Waals surface area contributed by atoms with Crippen molar-refractivity contribution in [3.63, 3.8) is 0 Å². The topological polar surface area (TPSA) is 58.6 Å². The fourth-order valence-corrected chi connectivity index (χ4v) is 3.11. The van der Waals surface area contributed by atoms with Gasteiger partial charge < -0.3 is 15.0 Å². The van der Waals surface area contributed by atoms with Crippen LogP contribution in [0.2, 0.25) is 0 Å². The van der Waals surface area contributed by atoms with Crippen LogP contribution in [0.25, 0.3) is 0 Å². The molecule has 2 rings (SSSR count). The molecule has 1 N–H and O–H groups in total. The van der Waals surface area contributed by atoms with Crippen molar-refractivity contribution in [1.29, 1.82) is 0 Å². The average Bonchev–Trinajstić information content (AvgIpc) is 2.76. The van der Waals surface area contributed by atoms with E-state index >= 15 is 0 Å². The maximum atomic E-state index is 14.2. The average molecular weight is 429 g/mol. The second-order valence-corrected chi connectivity index (χ2v) is 7.95. The number of unbranched alkanes of at least 4 members (excludes halogenated alkanes) is 1. The van der Waals surface area contributed by atoms with E-state index in [0.717, 1.165) is 12.8 Å². The predicted molar refractivity (Wildman–Crippen MR) is 120 cm³/mol. The lowest BCUT2D eigenvalue weighted by Crippen LogP contribution is -2.49. The summed E-state index contributed by atoms with van der Waals surface area (Å²) in [7, 11) is 0. The molecule has 6 heteroatoms. The third-order valence-corrected chi connectivity index (χ3v) is 5.20. The molecule has 0 aliphatic carbocycles. The molecule has 0 saturated heterocycles. The van der Waals surface area contributed by atoms with Crippen LogP contribution in [0.15, 0.2) is 48.5 Å². The largest absolute Gasteiger partial charge is 0.484 e. The Morgan fingerprint density at radius 3 is 2.35 bits per heavy atom. The molecular weight excluding hydrogens is 395 g/mol. The SMILES string of the molecule is CCCCNC(=O)[C@H](C)N(Cc1ccccc1F)C(=O)COc1ccc(C(C)C)cc1. The molecule has 2 aromatic carbocycles. The van der Waals surface area contributed by atoms with Gasteiger partial charge in [-0.3, -0.25) is 9.59 Å². The lowest BCUT2D eigenvalue weighted by Gasteiger charge is -2.29. The molecule has 31 heavy (non-hydrogen) atoms. The quantitative estimate of drug-likeness (QED) is 0.530. The van der Waals surface area contributed by atoms with Crippen molar-refractivity contribution in [1.82, 2.24) is 10.2 Å². The van der Waals surface area contributed by atoms with E-state index in [-0.39, 0.29) is 25.0 Å². The molecule has 1 atom stereocenters. The third-order valence-electron chi connectivity index (χ3n) is 5.20. The van der Waals surface area contributed by atoms with Crippen molar-refractivity contribution in [2.24, 2.45) is 0 Å². The number of rotatable bonds is 11. The molecule has 0 fully saturated rings. The zero-order chi connectivity index (χ0) is 22.8. The van der Waals surface area contributed by atoms with Crippen LogP contribution in [0.5, 0.6) is 5.75 Å². The first-order valence-corrected chi connectivity index (χ1v) is 10.9. The molecule has 0 unspecified atom stereocenters. The van der Waals surface area contributed by atoms with E-state index in [1.54, 1.807) is 25.1 Å². The number of benzene rings is 2. The van der Waals surface area contributed by atoms with Gasteiger partial charge in [-0.15, -0.1) is 0 Å². The standard InChI is InChI=1S/C25H33FN2O3/c1-5-6-15-27-25(30)19(4)28(16-21-9-7-8-10-23(21)26)24(29)17-31-22-13-11-20(12-14-22)18(2)3/h7-14,18-19H,5-6,15-17H2,1-4H3,(H,27,30)/t19-/m0/s1. The summed E-state index contributed by atoms with van der Waals surface area (Å²) in [5.41, 5.74) is 1.53. The fourth-order valence-electron chi connectivity index (χ4n) is 3.11. The van der Waals surface area contributed by atoms with Gasteiger partial charge in [-0.2, -0.15) is 0 Å². The van der Waals surface area contributed by atoms with Gasteiger partial charge in [0.15, 0.2) is 6.61 Å².